The molecule has 0 saturated heterocycles. The number of rotatable bonds is 2. The Morgan fingerprint density at radius 3 is 2.90 bits per heavy atom. The van der Waals surface area contributed by atoms with Crippen molar-refractivity contribution in [2.45, 2.75) is 46.6 Å². The van der Waals surface area contributed by atoms with E-state index in [-0.39, 0.29) is 0 Å². The standard InChI is InChI=1S/C23H27N5OS/c1-14-20(30-22(24)27-14)15-4-5-19-16(10-15)12-28(8-9-29-19)21-17-6-7-23(2,3)11-18(17)25-13-26-21/h4-5,10,13H,6-9,11-12H2,1-3H3,(H2,24,27). The van der Waals surface area contributed by atoms with Gasteiger partial charge in [-0.15, -0.1) is 0 Å². The summed E-state index contributed by atoms with van der Waals surface area (Å²) in [7, 11) is 0. The summed E-state index contributed by atoms with van der Waals surface area (Å²) in [6.45, 7) is 8.87. The molecule has 156 valence electrons. The second kappa shape index (κ2) is 7.23. The summed E-state index contributed by atoms with van der Waals surface area (Å²) in [5, 5.41) is 0.603. The first-order chi connectivity index (χ1) is 14.4. The van der Waals surface area contributed by atoms with Gasteiger partial charge in [0.05, 0.1) is 17.1 Å². The van der Waals surface area contributed by atoms with Crippen LogP contribution in [-0.2, 0) is 19.4 Å². The Labute approximate surface area is 181 Å². The van der Waals surface area contributed by atoms with Gasteiger partial charge >= 0.3 is 0 Å². The van der Waals surface area contributed by atoms with Crippen molar-refractivity contribution in [2.75, 3.05) is 23.8 Å². The fourth-order valence-electron chi connectivity index (χ4n) is 4.53. The van der Waals surface area contributed by atoms with E-state index in [0.29, 0.717) is 17.2 Å². The van der Waals surface area contributed by atoms with Crippen LogP contribution in [0.5, 0.6) is 5.75 Å². The fourth-order valence-corrected chi connectivity index (χ4v) is 5.36. The first-order valence-corrected chi connectivity index (χ1v) is 11.3. The molecule has 0 bridgehead atoms. The second-order valence-electron chi connectivity index (χ2n) is 9.02. The molecule has 0 fully saturated rings. The third-order valence-electron chi connectivity index (χ3n) is 6.12. The van der Waals surface area contributed by atoms with Crippen LogP contribution in [0.15, 0.2) is 24.5 Å². The second-order valence-corrected chi connectivity index (χ2v) is 10.1. The molecule has 6 nitrogen and oxygen atoms in total. The topological polar surface area (TPSA) is 77.2 Å². The molecule has 0 saturated carbocycles. The molecule has 7 heteroatoms. The van der Waals surface area contributed by atoms with Gasteiger partial charge in [-0.1, -0.05) is 25.2 Å². The van der Waals surface area contributed by atoms with E-state index in [2.05, 4.69) is 46.9 Å². The Morgan fingerprint density at radius 1 is 1.23 bits per heavy atom. The van der Waals surface area contributed by atoms with Crippen molar-refractivity contribution >= 4 is 22.3 Å². The minimum absolute atomic E-state index is 0.302. The molecular formula is C23H27N5OS. The summed E-state index contributed by atoms with van der Waals surface area (Å²) in [6.07, 6.45) is 4.93. The van der Waals surface area contributed by atoms with Crippen molar-refractivity contribution in [3.63, 3.8) is 0 Å². The lowest BCUT2D eigenvalue weighted by atomic mass is 9.76. The van der Waals surface area contributed by atoms with Gasteiger partial charge in [-0.2, -0.15) is 0 Å². The first-order valence-electron chi connectivity index (χ1n) is 10.5. The number of ether oxygens (including phenoxy) is 1. The molecule has 30 heavy (non-hydrogen) atoms. The van der Waals surface area contributed by atoms with E-state index in [1.165, 1.54) is 28.2 Å². The van der Waals surface area contributed by atoms with Crippen LogP contribution in [0, 0.1) is 12.3 Å². The van der Waals surface area contributed by atoms with Gasteiger partial charge in [0.25, 0.3) is 0 Å². The summed E-state index contributed by atoms with van der Waals surface area (Å²) in [6, 6.07) is 6.38. The number of anilines is 2. The lowest BCUT2D eigenvalue weighted by Crippen LogP contribution is -2.30. The van der Waals surface area contributed by atoms with Crippen molar-refractivity contribution in [2.24, 2.45) is 5.41 Å². The van der Waals surface area contributed by atoms with Crippen LogP contribution in [0.25, 0.3) is 10.4 Å². The summed E-state index contributed by atoms with van der Waals surface area (Å²) < 4.78 is 6.08. The normalized spacial score (nSPS) is 17.6. The molecule has 0 unspecified atom stereocenters. The van der Waals surface area contributed by atoms with Crippen molar-refractivity contribution < 1.29 is 4.74 Å². The van der Waals surface area contributed by atoms with E-state index in [1.54, 1.807) is 6.33 Å². The highest BCUT2D eigenvalue weighted by Crippen LogP contribution is 2.39. The summed E-state index contributed by atoms with van der Waals surface area (Å²) in [4.78, 5) is 17.2. The first kappa shape index (κ1) is 19.3. The molecule has 0 atom stereocenters. The molecule has 0 spiro atoms. The van der Waals surface area contributed by atoms with Gasteiger partial charge < -0.3 is 15.4 Å². The van der Waals surface area contributed by atoms with Gasteiger partial charge in [-0.25, -0.2) is 15.0 Å². The Kier molecular flexibility index (Phi) is 4.65. The maximum Gasteiger partial charge on any atom is 0.180 e. The number of thiazole rings is 1. The van der Waals surface area contributed by atoms with Gasteiger partial charge in [0.15, 0.2) is 5.13 Å². The molecule has 2 N–H and O–H groups in total. The van der Waals surface area contributed by atoms with Crippen LogP contribution < -0.4 is 15.4 Å². The summed E-state index contributed by atoms with van der Waals surface area (Å²) >= 11 is 1.53. The number of hydrogen-bond acceptors (Lipinski definition) is 7. The maximum absolute atomic E-state index is 6.08. The Morgan fingerprint density at radius 2 is 2.10 bits per heavy atom. The Hall–Kier alpha value is -2.67. The van der Waals surface area contributed by atoms with E-state index < -0.39 is 0 Å². The van der Waals surface area contributed by atoms with Gasteiger partial charge in [-0.3, -0.25) is 0 Å². The maximum atomic E-state index is 6.08. The highest BCUT2D eigenvalue weighted by Gasteiger charge is 2.30. The molecule has 0 radical (unpaired) electrons. The lowest BCUT2D eigenvalue weighted by molar-refractivity contribution is 0.309. The minimum Gasteiger partial charge on any atom is -0.491 e. The highest BCUT2D eigenvalue weighted by atomic mass is 32.1. The van der Waals surface area contributed by atoms with E-state index >= 15 is 0 Å². The third-order valence-corrected chi connectivity index (χ3v) is 7.16. The third kappa shape index (κ3) is 3.51. The van der Waals surface area contributed by atoms with Gasteiger partial charge in [0.2, 0.25) is 0 Å². The minimum atomic E-state index is 0.302. The number of nitrogens with two attached hydrogens (primary N) is 1. The van der Waals surface area contributed by atoms with Crippen molar-refractivity contribution in [1.82, 2.24) is 15.0 Å². The fraction of sp³-hybridized carbons (Fsp3) is 0.435. The smallest absolute Gasteiger partial charge is 0.180 e. The van der Waals surface area contributed by atoms with E-state index in [0.717, 1.165) is 60.1 Å². The van der Waals surface area contributed by atoms with Crippen LogP contribution in [-0.4, -0.2) is 28.1 Å². The largest absolute Gasteiger partial charge is 0.491 e. The molecule has 2 aromatic heterocycles. The molecule has 1 aliphatic heterocycles. The van der Waals surface area contributed by atoms with Gasteiger partial charge in [-0.05, 0) is 55.4 Å². The molecule has 5 rings (SSSR count). The molecule has 2 aliphatic rings. The molecule has 1 aromatic carbocycles. The number of nitrogens with zero attached hydrogens (tertiary/aromatic N) is 4. The van der Waals surface area contributed by atoms with Gasteiger partial charge in [0, 0.05) is 23.4 Å². The van der Waals surface area contributed by atoms with Gasteiger partial charge in [0.1, 0.15) is 24.5 Å². The van der Waals surface area contributed by atoms with Crippen LogP contribution in [0.3, 0.4) is 0 Å². The Bertz CT molecular complexity index is 1110. The molecule has 3 aromatic rings. The predicted molar refractivity (Wildman–Crippen MR) is 121 cm³/mol. The van der Waals surface area contributed by atoms with Crippen LogP contribution >= 0.6 is 11.3 Å². The summed E-state index contributed by atoms with van der Waals surface area (Å²) in [5.41, 5.74) is 12.0. The zero-order chi connectivity index (χ0) is 20.9. The highest BCUT2D eigenvalue weighted by molar-refractivity contribution is 7.18. The quantitative estimate of drug-likeness (QED) is 0.661. The van der Waals surface area contributed by atoms with Crippen LogP contribution in [0.2, 0.25) is 0 Å². The lowest BCUT2D eigenvalue weighted by Gasteiger charge is -2.33. The number of aromatic nitrogens is 3. The van der Waals surface area contributed by atoms with E-state index in [4.69, 9.17) is 15.5 Å². The van der Waals surface area contributed by atoms with E-state index in [1.807, 2.05) is 6.92 Å². The molecule has 1 aliphatic carbocycles. The molecule has 3 heterocycles. The van der Waals surface area contributed by atoms with Crippen LogP contribution in [0.1, 0.15) is 42.8 Å². The zero-order valence-corrected chi connectivity index (χ0v) is 18.6. The average molecular weight is 422 g/mol. The SMILES string of the molecule is Cc1nc(N)sc1-c1ccc2c(c1)CN(c1ncnc3c1CCC(C)(C)C3)CCO2. The van der Waals surface area contributed by atoms with E-state index in [9.17, 15) is 0 Å². The van der Waals surface area contributed by atoms with Crippen molar-refractivity contribution in [3.8, 4) is 16.2 Å². The zero-order valence-electron chi connectivity index (χ0n) is 17.7. The average Bonchev–Trinajstić information content (AvgIpc) is 2.92. The number of aryl methyl sites for hydroxylation is 1. The predicted octanol–water partition coefficient (Wildman–Crippen LogP) is 4.40. The number of hydrogen-bond donors (Lipinski definition) is 1. The monoisotopic (exact) mass is 421 g/mol. The van der Waals surface area contributed by atoms with Crippen molar-refractivity contribution in [1.29, 1.82) is 0 Å². The summed E-state index contributed by atoms with van der Waals surface area (Å²) in [5.74, 6) is 2.01. The number of nitrogen functional groups attached to an aromatic ring is 1. The molecule has 0 amide bonds. The Balaban J connectivity index is 1.50. The molecular weight excluding hydrogens is 394 g/mol. The van der Waals surface area contributed by atoms with Crippen molar-refractivity contribution in [3.05, 3.63) is 47.0 Å². The van der Waals surface area contributed by atoms with Crippen LogP contribution in [0.4, 0.5) is 10.9 Å². The number of benzene rings is 1. The number of fused-ring (bicyclic) bond motifs is 2.